The Hall–Kier alpha value is -2.76. The summed E-state index contributed by atoms with van der Waals surface area (Å²) in [6, 6.07) is 9.49. The summed E-state index contributed by atoms with van der Waals surface area (Å²) < 4.78 is 6.72. The van der Waals surface area contributed by atoms with Crippen molar-refractivity contribution in [2.45, 2.75) is 25.3 Å². The standard InChI is InChI=1S/C16H14N4O2/c21-16-13(11-4-2-1-3-5-11)8-17-10-20(16)9-14-18-15(22-19-14)12-6-7-12/h1-5,8,10,12H,6-7,9H2. The number of hydrogen-bond donors (Lipinski definition) is 0. The molecule has 0 amide bonds. The first-order chi connectivity index (χ1) is 10.8. The van der Waals surface area contributed by atoms with E-state index in [1.807, 2.05) is 30.3 Å². The van der Waals surface area contributed by atoms with Gasteiger partial charge in [0, 0.05) is 12.1 Å². The van der Waals surface area contributed by atoms with Gasteiger partial charge in [0.05, 0.1) is 18.4 Å². The highest BCUT2D eigenvalue weighted by molar-refractivity contribution is 5.60. The molecule has 0 bridgehead atoms. The van der Waals surface area contributed by atoms with Gasteiger partial charge in [-0.2, -0.15) is 4.98 Å². The average molecular weight is 294 g/mol. The lowest BCUT2D eigenvalue weighted by molar-refractivity contribution is 0.373. The van der Waals surface area contributed by atoms with E-state index in [1.54, 1.807) is 6.20 Å². The van der Waals surface area contributed by atoms with Gasteiger partial charge in [-0.25, -0.2) is 4.98 Å². The lowest BCUT2D eigenvalue weighted by Gasteiger charge is -2.05. The summed E-state index contributed by atoms with van der Waals surface area (Å²) in [5.41, 5.74) is 1.30. The van der Waals surface area contributed by atoms with Gasteiger partial charge in [-0.05, 0) is 18.4 Å². The molecule has 1 aliphatic carbocycles. The van der Waals surface area contributed by atoms with Crippen molar-refractivity contribution in [1.82, 2.24) is 19.7 Å². The maximum atomic E-state index is 12.6. The fraction of sp³-hybridized carbons (Fsp3) is 0.250. The van der Waals surface area contributed by atoms with Gasteiger partial charge in [0.15, 0.2) is 5.82 Å². The zero-order chi connectivity index (χ0) is 14.9. The summed E-state index contributed by atoms with van der Waals surface area (Å²) in [6.45, 7) is 0.267. The molecule has 2 aromatic heterocycles. The Bertz CT molecular complexity index is 850. The summed E-state index contributed by atoms with van der Waals surface area (Å²) >= 11 is 0. The third-order valence-corrected chi connectivity index (χ3v) is 3.71. The van der Waals surface area contributed by atoms with Crippen LogP contribution in [0.2, 0.25) is 0 Å². The topological polar surface area (TPSA) is 73.8 Å². The van der Waals surface area contributed by atoms with Gasteiger partial charge in [-0.1, -0.05) is 35.5 Å². The number of nitrogens with zero attached hydrogens (tertiary/aromatic N) is 4. The minimum absolute atomic E-state index is 0.112. The van der Waals surface area contributed by atoms with Crippen molar-refractivity contribution in [3.05, 3.63) is 64.9 Å². The SMILES string of the molecule is O=c1c(-c2ccccc2)cncn1Cc1noc(C2CC2)n1. The van der Waals surface area contributed by atoms with Crippen LogP contribution in [-0.2, 0) is 6.54 Å². The van der Waals surface area contributed by atoms with Crippen LogP contribution in [0, 0.1) is 0 Å². The lowest BCUT2D eigenvalue weighted by atomic mass is 10.1. The molecule has 1 aliphatic rings. The average Bonchev–Trinajstić information content (AvgIpc) is 3.30. The molecule has 0 N–H and O–H groups in total. The minimum Gasteiger partial charge on any atom is -0.339 e. The van der Waals surface area contributed by atoms with Crippen LogP contribution in [0.15, 0.2) is 52.2 Å². The Morgan fingerprint density at radius 3 is 2.82 bits per heavy atom. The molecular formula is C16H14N4O2. The van der Waals surface area contributed by atoms with E-state index < -0.39 is 0 Å². The molecule has 22 heavy (non-hydrogen) atoms. The van der Waals surface area contributed by atoms with Crippen molar-refractivity contribution in [3.63, 3.8) is 0 Å². The molecule has 6 nitrogen and oxygen atoms in total. The van der Waals surface area contributed by atoms with E-state index in [2.05, 4.69) is 15.1 Å². The number of rotatable bonds is 4. The smallest absolute Gasteiger partial charge is 0.261 e. The summed E-state index contributed by atoms with van der Waals surface area (Å²) in [6.07, 6.45) is 5.29. The molecular weight excluding hydrogens is 280 g/mol. The predicted octanol–water partition coefficient (Wildman–Crippen LogP) is 2.22. The molecule has 0 atom stereocenters. The summed E-state index contributed by atoms with van der Waals surface area (Å²) in [5, 5.41) is 3.94. The van der Waals surface area contributed by atoms with Crippen LogP contribution in [0.1, 0.15) is 30.5 Å². The third-order valence-electron chi connectivity index (χ3n) is 3.71. The van der Waals surface area contributed by atoms with E-state index in [1.165, 1.54) is 10.9 Å². The molecule has 1 fully saturated rings. The summed E-state index contributed by atoms with van der Waals surface area (Å²) in [4.78, 5) is 21.1. The quantitative estimate of drug-likeness (QED) is 0.737. The second-order valence-electron chi connectivity index (χ2n) is 5.43. The van der Waals surface area contributed by atoms with Gasteiger partial charge >= 0.3 is 0 Å². The van der Waals surface area contributed by atoms with Gasteiger partial charge < -0.3 is 4.52 Å². The van der Waals surface area contributed by atoms with Crippen molar-refractivity contribution in [2.75, 3.05) is 0 Å². The van der Waals surface area contributed by atoms with Crippen molar-refractivity contribution >= 4 is 0 Å². The first-order valence-corrected chi connectivity index (χ1v) is 7.23. The van der Waals surface area contributed by atoms with Crippen molar-refractivity contribution in [1.29, 1.82) is 0 Å². The van der Waals surface area contributed by atoms with Gasteiger partial charge in [0.25, 0.3) is 5.56 Å². The first kappa shape index (κ1) is 12.9. The molecule has 110 valence electrons. The molecule has 0 radical (unpaired) electrons. The highest BCUT2D eigenvalue weighted by atomic mass is 16.5. The third kappa shape index (κ3) is 2.43. The highest BCUT2D eigenvalue weighted by Gasteiger charge is 2.29. The van der Waals surface area contributed by atoms with Gasteiger partial charge in [-0.15, -0.1) is 0 Å². The molecule has 6 heteroatoms. The second kappa shape index (κ2) is 5.22. The van der Waals surface area contributed by atoms with E-state index in [4.69, 9.17) is 4.52 Å². The van der Waals surface area contributed by atoms with Crippen LogP contribution in [0.4, 0.5) is 0 Å². The van der Waals surface area contributed by atoms with Crippen LogP contribution in [-0.4, -0.2) is 19.7 Å². The fourth-order valence-corrected chi connectivity index (χ4v) is 2.36. The molecule has 0 saturated heterocycles. The maximum absolute atomic E-state index is 12.6. The maximum Gasteiger partial charge on any atom is 0.261 e. The van der Waals surface area contributed by atoms with Gasteiger partial charge in [0.2, 0.25) is 5.89 Å². The van der Waals surface area contributed by atoms with Crippen LogP contribution in [0.25, 0.3) is 11.1 Å². The number of benzene rings is 1. The van der Waals surface area contributed by atoms with Gasteiger partial charge in [0.1, 0.15) is 0 Å². The Kier molecular flexibility index (Phi) is 3.07. The Balaban J connectivity index is 1.65. The Labute approximate surface area is 126 Å². The second-order valence-corrected chi connectivity index (χ2v) is 5.43. The number of aromatic nitrogens is 4. The largest absolute Gasteiger partial charge is 0.339 e. The monoisotopic (exact) mass is 294 g/mol. The van der Waals surface area contributed by atoms with Crippen molar-refractivity contribution in [2.24, 2.45) is 0 Å². The van der Waals surface area contributed by atoms with Gasteiger partial charge in [-0.3, -0.25) is 9.36 Å². The van der Waals surface area contributed by atoms with Crippen LogP contribution >= 0.6 is 0 Å². The zero-order valence-electron chi connectivity index (χ0n) is 11.8. The summed E-state index contributed by atoms with van der Waals surface area (Å²) in [5.74, 6) is 1.60. The minimum atomic E-state index is -0.112. The zero-order valence-corrected chi connectivity index (χ0v) is 11.8. The fourth-order valence-electron chi connectivity index (χ4n) is 2.36. The van der Waals surface area contributed by atoms with E-state index in [9.17, 15) is 4.79 Å². The normalized spacial score (nSPS) is 14.2. The molecule has 1 aromatic carbocycles. The van der Waals surface area contributed by atoms with Crippen LogP contribution in [0.5, 0.6) is 0 Å². The predicted molar refractivity (Wildman–Crippen MR) is 79.3 cm³/mol. The van der Waals surface area contributed by atoms with Crippen LogP contribution in [0.3, 0.4) is 0 Å². The first-order valence-electron chi connectivity index (χ1n) is 7.23. The molecule has 1 saturated carbocycles. The number of hydrogen-bond acceptors (Lipinski definition) is 5. The summed E-state index contributed by atoms with van der Waals surface area (Å²) in [7, 11) is 0. The molecule has 0 unspecified atom stereocenters. The van der Waals surface area contributed by atoms with E-state index in [0.29, 0.717) is 23.2 Å². The molecule has 0 spiro atoms. The molecule has 3 aromatic rings. The van der Waals surface area contributed by atoms with E-state index in [0.717, 1.165) is 18.4 Å². The molecule has 0 aliphatic heterocycles. The highest BCUT2D eigenvalue weighted by Crippen LogP contribution is 2.38. The Morgan fingerprint density at radius 2 is 2.05 bits per heavy atom. The molecule has 2 heterocycles. The van der Waals surface area contributed by atoms with Crippen molar-refractivity contribution in [3.8, 4) is 11.1 Å². The molecule has 4 rings (SSSR count). The van der Waals surface area contributed by atoms with E-state index in [-0.39, 0.29) is 12.1 Å². The Morgan fingerprint density at radius 1 is 1.23 bits per heavy atom. The van der Waals surface area contributed by atoms with Crippen LogP contribution < -0.4 is 5.56 Å². The van der Waals surface area contributed by atoms with E-state index >= 15 is 0 Å². The van der Waals surface area contributed by atoms with Crippen molar-refractivity contribution < 1.29 is 4.52 Å². The lowest BCUT2D eigenvalue weighted by Crippen LogP contribution is -2.22.